The Morgan fingerprint density at radius 2 is 1.69 bits per heavy atom. The third-order valence-corrected chi connectivity index (χ3v) is 4.21. The van der Waals surface area contributed by atoms with Crippen molar-refractivity contribution in [1.82, 2.24) is 9.97 Å². The number of aromatic nitrogens is 2. The quantitative estimate of drug-likeness (QED) is 0.746. The maximum atomic E-state index is 6.18. The van der Waals surface area contributed by atoms with E-state index in [0.29, 0.717) is 35.8 Å². The molecule has 2 aromatic rings. The number of anilines is 2. The molecule has 0 amide bonds. The number of methoxy groups -OCH3 is 2. The average molecular weight is 358 g/mol. The van der Waals surface area contributed by atoms with Crippen molar-refractivity contribution in [3.63, 3.8) is 0 Å². The lowest BCUT2D eigenvalue weighted by Gasteiger charge is -2.18. The van der Waals surface area contributed by atoms with Gasteiger partial charge in [0, 0.05) is 24.7 Å². The maximum absolute atomic E-state index is 6.18. The molecule has 0 aliphatic carbocycles. The van der Waals surface area contributed by atoms with Crippen LogP contribution in [-0.2, 0) is 6.42 Å². The summed E-state index contributed by atoms with van der Waals surface area (Å²) >= 11 is 0. The van der Waals surface area contributed by atoms with Crippen molar-refractivity contribution in [3.05, 3.63) is 35.0 Å². The van der Waals surface area contributed by atoms with Gasteiger partial charge >= 0.3 is 0 Å². The van der Waals surface area contributed by atoms with Crippen LogP contribution in [0.25, 0.3) is 0 Å². The van der Waals surface area contributed by atoms with E-state index < -0.39 is 0 Å². The van der Waals surface area contributed by atoms with E-state index in [4.69, 9.17) is 15.2 Å². The van der Waals surface area contributed by atoms with Gasteiger partial charge < -0.3 is 20.5 Å². The van der Waals surface area contributed by atoms with Crippen LogP contribution in [0.2, 0.25) is 0 Å². The Morgan fingerprint density at radius 3 is 2.23 bits per heavy atom. The monoisotopic (exact) mass is 358 g/mol. The fraction of sp³-hybridized carbons (Fsp3) is 0.500. The summed E-state index contributed by atoms with van der Waals surface area (Å²) < 4.78 is 10.9. The summed E-state index contributed by atoms with van der Waals surface area (Å²) in [5, 5.41) is 3.20. The van der Waals surface area contributed by atoms with E-state index in [1.54, 1.807) is 20.4 Å². The standard InChI is InChI=1S/C20H30N4O2/c1-12(2)10-22-20-23-11-15(19(21)24-20)7-14-8-17(25-5)18(26-6)9-16(14)13(3)4/h8-9,11-13H,7,10H2,1-6H3,(H3,21,22,23,24). The van der Waals surface area contributed by atoms with Crippen LogP contribution in [0.5, 0.6) is 11.5 Å². The van der Waals surface area contributed by atoms with E-state index >= 15 is 0 Å². The predicted molar refractivity (Wildman–Crippen MR) is 106 cm³/mol. The molecule has 0 aliphatic rings. The first-order chi connectivity index (χ1) is 12.3. The minimum absolute atomic E-state index is 0.346. The summed E-state index contributed by atoms with van der Waals surface area (Å²) in [4.78, 5) is 8.79. The largest absolute Gasteiger partial charge is 0.493 e. The van der Waals surface area contributed by atoms with Crippen LogP contribution >= 0.6 is 0 Å². The number of hydrogen-bond donors (Lipinski definition) is 2. The molecule has 1 aromatic heterocycles. The number of nitrogens with two attached hydrogens (primary N) is 1. The number of nitrogen functional groups attached to an aromatic ring is 1. The molecule has 0 radical (unpaired) electrons. The summed E-state index contributed by atoms with van der Waals surface area (Å²) in [5.41, 5.74) is 9.41. The van der Waals surface area contributed by atoms with Gasteiger partial charge in [-0.05, 0) is 35.1 Å². The molecule has 0 atom stereocenters. The molecule has 26 heavy (non-hydrogen) atoms. The molecule has 0 fully saturated rings. The Morgan fingerprint density at radius 1 is 1.04 bits per heavy atom. The highest BCUT2D eigenvalue weighted by Gasteiger charge is 2.15. The average Bonchev–Trinajstić information content (AvgIpc) is 2.61. The minimum atomic E-state index is 0.346. The zero-order chi connectivity index (χ0) is 19.3. The van der Waals surface area contributed by atoms with E-state index in [-0.39, 0.29) is 0 Å². The Labute approximate surface area is 156 Å². The van der Waals surface area contributed by atoms with E-state index in [9.17, 15) is 0 Å². The van der Waals surface area contributed by atoms with Gasteiger partial charge in [0.1, 0.15) is 5.82 Å². The van der Waals surface area contributed by atoms with Crippen LogP contribution in [0, 0.1) is 5.92 Å². The number of nitrogens with zero attached hydrogens (tertiary/aromatic N) is 2. The smallest absolute Gasteiger partial charge is 0.224 e. The van der Waals surface area contributed by atoms with E-state index in [1.165, 1.54) is 5.56 Å². The normalized spacial score (nSPS) is 11.1. The minimum Gasteiger partial charge on any atom is -0.493 e. The van der Waals surface area contributed by atoms with Crippen molar-refractivity contribution in [2.45, 2.75) is 40.0 Å². The molecule has 6 heteroatoms. The van der Waals surface area contributed by atoms with Crippen molar-refractivity contribution < 1.29 is 9.47 Å². The van der Waals surface area contributed by atoms with Crippen molar-refractivity contribution in [3.8, 4) is 11.5 Å². The van der Waals surface area contributed by atoms with Gasteiger partial charge in [-0.2, -0.15) is 4.98 Å². The molecule has 0 aliphatic heterocycles. The highest BCUT2D eigenvalue weighted by atomic mass is 16.5. The summed E-state index contributed by atoms with van der Waals surface area (Å²) in [6.45, 7) is 9.39. The molecule has 142 valence electrons. The Balaban J connectivity index is 2.32. The molecule has 0 unspecified atom stereocenters. The number of ether oxygens (including phenoxy) is 2. The van der Waals surface area contributed by atoms with Crippen molar-refractivity contribution in [2.24, 2.45) is 5.92 Å². The summed E-state index contributed by atoms with van der Waals surface area (Å²) in [6, 6.07) is 4.05. The second-order valence-electron chi connectivity index (χ2n) is 7.12. The molecule has 6 nitrogen and oxygen atoms in total. The van der Waals surface area contributed by atoms with Crippen LogP contribution in [-0.4, -0.2) is 30.7 Å². The first-order valence-corrected chi connectivity index (χ1v) is 8.95. The van der Waals surface area contributed by atoms with Crippen LogP contribution < -0.4 is 20.5 Å². The molecule has 0 bridgehead atoms. The Kier molecular flexibility index (Phi) is 6.66. The molecule has 1 aromatic carbocycles. The van der Waals surface area contributed by atoms with Gasteiger partial charge in [-0.1, -0.05) is 27.7 Å². The third kappa shape index (κ3) is 4.77. The van der Waals surface area contributed by atoms with Crippen molar-refractivity contribution >= 4 is 11.8 Å². The van der Waals surface area contributed by atoms with Gasteiger partial charge in [-0.25, -0.2) is 4.98 Å². The Hall–Kier alpha value is -2.50. The molecule has 0 spiro atoms. The summed E-state index contributed by atoms with van der Waals surface area (Å²) in [5.74, 6) is 3.37. The fourth-order valence-electron chi connectivity index (χ4n) is 2.77. The molecular weight excluding hydrogens is 328 g/mol. The zero-order valence-electron chi connectivity index (χ0n) is 16.6. The topological polar surface area (TPSA) is 82.3 Å². The lowest BCUT2D eigenvalue weighted by Crippen LogP contribution is -2.12. The second-order valence-corrected chi connectivity index (χ2v) is 7.12. The van der Waals surface area contributed by atoms with Gasteiger partial charge in [0.25, 0.3) is 0 Å². The molecule has 3 N–H and O–H groups in total. The van der Waals surface area contributed by atoms with E-state index in [0.717, 1.165) is 23.4 Å². The van der Waals surface area contributed by atoms with Crippen molar-refractivity contribution in [1.29, 1.82) is 0 Å². The highest BCUT2D eigenvalue weighted by molar-refractivity contribution is 5.52. The van der Waals surface area contributed by atoms with Gasteiger partial charge in [0.05, 0.1) is 14.2 Å². The Bertz CT molecular complexity index is 745. The molecule has 0 saturated carbocycles. The number of rotatable bonds is 8. The fourth-order valence-corrected chi connectivity index (χ4v) is 2.77. The van der Waals surface area contributed by atoms with Crippen LogP contribution in [0.3, 0.4) is 0 Å². The maximum Gasteiger partial charge on any atom is 0.224 e. The molecular formula is C20H30N4O2. The van der Waals surface area contributed by atoms with E-state index in [1.807, 2.05) is 12.1 Å². The van der Waals surface area contributed by atoms with Gasteiger partial charge in [-0.15, -0.1) is 0 Å². The van der Waals surface area contributed by atoms with Crippen LogP contribution in [0.4, 0.5) is 11.8 Å². The molecule has 1 heterocycles. The number of hydrogen-bond acceptors (Lipinski definition) is 6. The molecule has 2 rings (SSSR count). The van der Waals surface area contributed by atoms with Gasteiger partial charge in [0.15, 0.2) is 11.5 Å². The van der Waals surface area contributed by atoms with Crippen molar-refractivity contribution in [2.75, 3.05) is 31.8 Å². The number of benzene rings is 1. The van der Waals surface area contributed by atoms with Gasteiger partial charge in [0.2, 0.25) is 5.95 Å². The lowest BCUT2D eigenvalue weighted by atomic mass is 9.92. The van der Waals surface area contributed by atoms with Crippen LogP contribution in [0.1, 0.15) is 50.3 Å². The summed E-state index contributed by atoms with van der Waals surface area (Å²) in [7, 11) is 3.29. The highest BCUT2D eigenvalue weighted by Crippen LogP contribution is 2.35. The van der Waals surface area contributed by atoms with Crippen LogP contribution in [0.15, 0.2) is 18.3 Å². The number of nitrogens with one attached hydrogen (secondary N) is 1. The van der Waals surface area contributed by atoms with E-state index in [2.05, 4.69) is 43.0 Å². The SMILES string of the molecule is COc1cc(Cc2cnc(NCC(C)C)nc2N)c(C(C)C)cc1OC. The first-order valence-electron chi connectivity index (χ1n) is 8.95. The summed E-state index contributed by atoms with van der Waals surface area (Å²) in [6.07, 6.45) is 2.44. The zero-order valence-corrected chi connectivity index (χ0v) is 16.6. The second kappa shape index (κ2) is 8.74. The third-order valence-electron chi connectivity index (χ3n) is 4.21. The van der Waals surface area contributed by atoms with Gasteiger partial charge in [-0.3, -0.25) is 0 Å². The lowest BCUT2D eigenvalue weighted by molar-refractivity contribution is 0.354. The first kappa shape index (κ1) is 19.8. The molecule has 0 saturated heterocycles. The predicted octanol–water partition coefficient (Wildman–Crippen LogP) is 3.86.